The van der Waals surface area contributed by atoms with Crippen LogP contribution >= 0.6 is 121 Å². The molecule has 10 unspecified atom stereocenters. The molecule has 0 aliphatic heterocycles. The van der Waals surface area contributed by atoms with Crippen molar-refractivity contribution < 1.29 is 150 Å². The lowest BCUT2D eigenvalue weighted by atomic mass is 10.3. The van der Waals surface area contributed by atoms with Crippen LogP contribution in [0.15, 0.2) is 90.1 Å². The van der Waals surface area contributed by atoms with Gasteiger partial charge < -0.3 is 122 Å². The van der Waals surface area contributed by atoms with E-state index in [-0.39, 0.29) is 211 Å². The molecule has 20 N–H and O–H groups in total. The van der Waals surface area contributed by atoms with Crippen molar-refractivity contribution >= 4 is 217 Å². The topological polar surface area (TPSA) is 786 Å². The minimum atomic E-state index is -2.94. The summed E-state index contributed by atoms with van der Waals surface area (Å²) in [5.74, 6) is 1.01. The number of rotatable bonds is 53. The molecular formula is C54H89N20O32P15+2. The fraction of sp³-hybridized carbons (Fsp3) is 0.333. The van der Waals surface area contributed by atoms with Gasteiger partial charge in [0.1, 0.15) is 147 Å². The number of nitrogen functional groups attached to an aromatic ring is 10. The summed E-state index contributed by atoms with van der Waals surface area (Å²) in [6.45, 7) is -4.66. The molecule has 5 heterocycles. The Morgan fingerprint density at radius 1 is 0.397 bits per heavy atom. The van der Waals surface area contributed by atoms with Crippen molar-refractivity contribution in [1.82, 2.24) is 49.8 Å². The molecular weight excluding hydrogens is 1910 g/mol. The van der Waals surface area contributed by atoms with Gasteiger partial charge in [0.15, 0.2) is 25.4 Å². The first-order chi connectivity index (χ1) is 58.6. The van der Waals surface area contributed by atoms with Gasteiger partial charge in [-0.2, -0.15) is 49.8 Å². The molecule has 670 valence electrons. The lowest BCUT2D eigenvalue weighted by Gasteiger charge is -2.15. The van der Waals surface area contributed by atoms with Crippen LogP contribution in [0.2, 0.25) is 0 Å². The van der Waals surface area contributed by atoms with Gasteiger partial charge in [0.05, 0.1) is 28.4 Å². The lowest BCUT2D eigenvalue weighted by Crippen LogP contribution is -2.12. The van der Waals surface area contributed by atoms with Crippen LogP contribution in [0, 0.1) is 0 Å². The standard InChI is InChI=1S/C13H23N4O8P3.C12H17N4O6P2.C10H19N4O6P3.C10H15N4O6P3.C9H13N4O4P2.2HOP/c1-9(18)22-7-10(8-23-12-6-11(14)16-13(15)17-12)4-5-28(19,26-24-20-2)27-25-21-3;1-8(18)20-5-9(2-3-24(19)23-22-7-17)6-21-11-4-10(13)15-12(14)16-11;1-16-19-21-23(15,22-20-17-2)6-4-3-5-18-9-7-8(11)13-10(12)14-9;11-8-5-9(14-10(12)13-8)18-3-1-2-4-23(17,21-19-6-15)22-20-7-16;10-7-5-8(13-9(11)12-7)16-3-1-2-4-19(15)18-17-6-14;2*1-2/h4,6,26-27H,5,7-8H2,1-3H3,(H4,14,15,16,17);2,4,7,23H,3,5-6H2,1H3,(H4,13,14,15,16);3-4,7,21-22H,5-6H2,1-2H3,(H4,11,12,13,14);1-2,5-7,21-22H,3-4H2,(H4,11,12,13,14);1-2,5-6,18H,3-4H2,(H4,10,11,12,13);2*2H/q;+1;;;+1;;/b10-4+;9-2+;4-3+;2*2-1+;;/i;;;;;2*2D. The molecule has 67 heteroatoms. The Bertz CT molecular complexity index is 4210. The monoisotopic (exact) mass is 2000 g/mol. The van der Waals surface area contributed by atoms with E-state index in [1.54, 1.807) is 48.6 Å². The highest BCUT2D eigenvalue weighted by molar-refractivity contribution is 8.54. The average Bonchev–Trinajstić information content (AvgIpc) is 0.822. The fourth-order valence-electron chi connectivity index (χ4n) is 6.53. The maximum atomic E-state index is 12.9. The number of nitrogens with two attached hydrogens (primary N) is 10. The number of aromatic nitrogens is 10. The number of allylic oxidation sites excluding steroid dienone is 5. The Kier molecular flexibility index (Phi) is 65.7. The highest BCUT2D eigenvalue weighted by Gasteiger charge is 2.27. The zero-order chi connectivity index (χ0) is 92.7. The second-order valence-corrected chi connectivity index (χ2v) is 55.4. The van der Waals surface area contributed by atoms with Crippen LogP contribution in [-0.4, -0.2) is 196 Å². The first-order valence-electron chi connectivity index (χ1n) is 32.7. The van der Waals surface area contributed by atoms with E-state index in [1.807, 2.05) is 0 Å². The van der Waals surface area contributed by atoms with Gasteiger partial charge in [-0.1, -0.05) is 39.5 Å². The van der Waals surface area contributed by atoms with Gasteiger partial charge in [-0.15, -0.1) is 0 Å². The third kappa shape index (κ3) is 62.8. The summed E-state index contributed by atoms with van der Waals surface area (Å²) in [5.41, 5.74) is 56.0. The van der Waals surface area contributed by atoms with Gasteiger partial charge in [-0.25, -0.2) is 38.2 Å². The Labute approximate surface area is 712 Å². The van der Waals surface area contributed by atoms with Crippen LogP contribution in [-0.2, 0) is 127 Å². The van der Waals surface area contributed by atoms with Crippen molar-refractivity contribution in [3.8, 4) is 29.4 Å². The first-order valence-corrected chi connectivity index (χ1v) is 55.1. The third-order valence-corrected chi connectivity index (χ3v) is 36.2. The Morgan fingerprint density at radius 3 is 0.959 bits per heavy atom. The summed E-state index contributed by atoms with van der Waals surface area (Å²) in [5, 5.41) is 0. The van der Waals surface area contributed by atoms with Crippen LogP contribution in [0.5, 0.6) is 29.4 Å². The van der Waals surface area contributed by atoms with Crippen molar-refractivity contribution in [3.05, 3.63) is 90.1 Å². The zero-order valence-corrected chi connectivity index (χ0v) is 78.5. The molecule has 0 aliphatic rings. The SMILES string of the molecule is CC(=O)OC/C(=C\C[P+](=O)POC=O)COc1cc(N)nc(N)n1.COOPP(=O)(C/C=C(\COC(C)=O)COc1cc(N)nc(N)n1)POOC.COOPP(=O)(C/C=C/COc1cc(N)nc(N)n1)POOC.Nc1cc(OC/C=C/CP(=O)(POC=O)POC=O)nc(N)n1.Nc1cc(OC/C=C/C[P+](=O)POC=O)nc(N)n1.[2H]P=O.[2H]P=O. The number of nitrogens with zero attached hydrogens (tertiary/aromatic N) is 10. The third-order valence-electron chi connectivity index (χ3n) is 11.1. The molecule has 10 atom stereocenters. The average molecular weight is 2000 g/mol. The van der Waals surface area contributed by atoms with Gasteiger partial charge in [0.25, 0.3) is 25.9 Å². The summed E-state index contributed by atoms with van der Waals surface area (Å²) in [4.78, 5) is 118. The summed E-state index contributed by atoms with van der Waals surface area (Å²) in [6, 6.07) is 7.10. The zero-order valence-electron chi connectivity index (χ0n) is 66.2. The first kappa shape index (κ1) is 111. The molecule has 0 saturated heterocycles. The quantitative estimate of drug-likeness (QED) is 0.00331. The van der Waals surface area contributed by atoms with Crippen molar-refractivity contribution in [2.24, 2.45) is 0 Å². The molecule has 0 aromatic carbocycles. The highest BCUT2D eigenvalue weighted by Crippen LogP contribution is 2.79. The molecule has 0 fully saturated rings. The lowest BCUT2D eigenvalue weighted by molar-refractivity contribution is -0.165. The molecule has 0 saturated carbocycles. The Hall–Kier alpha value is -7.87. The minimum Gasteiger partial charge on any atom is -0.473 e. The summed E-state index contributed by atoms with van der Waals surface area (Å²) in [6.07, 6.45) is 14.0. The molecule has 121 heavy (non-hydrogen) atoms. The maximum Gasteiger partial charge on any atom is 0.399 e. The summed E-state index contributed by atoms with van der Waals surface area (Å²) in [7, 11) is -2.58. The van der Waals surface area contributed by atoms with Gasteiger partial charge in [0.2, 0.25) is 65.7 Å². The Balaban J connectivity index is 0. The molecule has 52 nitrogen and oxygen atoms in total. The summed E-state index contributed by atoms with van der Waals surface area (Å²) < 4.78 is 163. The van der Waals surface area contributed by atoms with Gasteiger partial charge in [-0.05, 0) is 18.2 Å². The van der Waals surface area contributed by atoms with Crippen LogP contribution < -0.4 is 81.0 Å². The molecule has 0 bridgehead atoms. The summed E-state index contributed by atoms with van der Waals surface area (Å²) >= 11 is 0. The number of hydrogen-bond donors (Lipinski definition) is 10. The number of carbonyl (C=O) groups is 6. The normalized spacial score (nSPS) is 13.6. The molecule has 0 radical (unpaired) electrons. The molecule has 5 rings (SSSR count). The smallest absolute Gasteiger partial charge is 0.399 e. The van der Waals surface area contributed by atoms with E-state index in [0.717, 1.165) is 0 Å². The van der Waals surface area contributed by atoms with Crippen LogP contribution in [0.3, 0.4) is 0 Å². The number of esters is 2. The van der Waals surface area contributed by atoms with E-state index >= 15 is 0 Å². The van der Waals surface area contributed by atoms with E-state index in [1.165, 1.54) is 72.6 Å². The minimum absolute atomic E-state index is 0.00657. The second-order valence-electron chi connectivity index (χ2n) is 20.1. The van der Waals surface area contributed by atoms with E-state index in [0.29, 0.717) is 17.3 Å². The number of anilines is 10. The molecule has 5 aromatic rings. The Morgan fingerprint density at radius 2 is 0.669 bits per heavy atom. The predicted octanol–water partition coefficient (Wildman–Crippen LogP) is 8.51. The predicted molar refractivity (Wildman–Crippen MR) is 466 cm³/mol. The fourth-order valence-corrected chi connectivity index (χ4v) is 23.3. The van der Waals surface area contributed by atoms with E-state index in [9.17, 15) is 51.6 Å². The number of carbonyl (C=O) groups excluding carboxylic acids is 6. The van der Waals surface area contributed by atoms with Crippen LogP contribution in [0.4, 0.5) is 58.8 Å². The van der Waals surface area contributed by atoms with Gasteiger partial charge >= 0.3 is 43.9 Å². The van der Waals surface area contributed by atoms with Crippen molar-refractivity contribution in [2.75, 3.05) is 163 Å². The second kappa shape index (κ2) is 71.5. The van der Waals surface area contributed by atoms with Crippen LogP contribution in [0.1, 0.15) is 13.8 Å². The van der Waals surface area contributed by atoms with E-state index < -0.39 is 107 Å². The van der Waals surface area contributed by atoms with Crippen molar-refractivity contribution in [3.63, 3.8) is 0 Å². The van der Waals surface area contributed by atoms with Crippen molar-refractivity contribution in [1.29, 1.82) is 2.56 Å². The highest BCUT2D eigenvalue weighted by atomic mass is 32.5. The molecule has 0 amide bonds. The van der Waals surface area contributed by atoms with Crippen LogP contribution in [0.25, 0.3) is 0 Å². The van der Waals surface area contributed by atoms with E-state index in [4.69, 9.17) is 121 Å². The van der Waals surface area contributed by atoms with Gasteiger partial charge in [-0.3, -0.25) is 37.9 Å². The van der Waals surface area contributed by atoms with Gasteiger partial charge in [0, 0.05) is 73.8 Å². The molecule has 0 aliphatic carbocycles. The number of hydrogen-bond acceptors (Lipinski definition) is 52. The largest absolute Gasteiger partial charge is 0.473 e. The molecule has 5 aromatic heterocycles. The maximum absolute atomic E-state index is 12.9. The van der Waals surface area contributed by atoms with E-state index in [2.05, 4.69) is 87.5 Å². The van der Waals surface area contributed by atoms with Crippen molar-refractivity contribution in [2.45, 2.75) is 13.8 Å². The molecule has 0 spiro atoms. The number of ether oxygens (including phenoxy) is 7.